The first-order chi connectivity index (χ1) is 11.8. The van der Waals surface area contributed by atoms with Crippen molar-refractivity contribution in [2.24, 2.45) is 10.7 Å². The number of guanidine groups is 1. The number of halogens is 1. The Balaban J connectivity index is 0.00000225. The monoisotopic (exact) mass is 456 g/mol. The van der Waals surface area contributed by atoms with Crippen LogP contribution in [0.25, 0.3) is 0 Å². The Kier molecular flexibility index (Phi) is 7.96. The van der Waals surface area contributed by atoms with Crippen LogP contribution in [-0.2, 0) is 13.2 Å². The summed E-state index contributed by atoms with van der Waals surface area (Å²) in [4.78, 5) is 11.0. The van der Waals surface area contributed by atoms with Crippen molar-refractivity contribution in [1.82, 2.24) is 20.1 Å². The Hall–Kier alpha value is -1.84. The Morgan fingerprint density at radius 2 is 1.88 bits per heavy atom. The molecular weight excluding hydrogens is 431 g/mol. The van der Waals surface area contributed by atoms with E-state index < -0.39 is 0 Å². The molecule has 0 saturated carbocycles. The summed E-state index contributed by atoms with van der Waals surface area (Å²) >= 11 is 0. The first-order valence-electron chi connectivity index (χ1n) is 8.44. The number of nitrogens with one attached hydrogen (secondary N) is 1. The predicted molar refractivity (Wildman–Crippen MR) is 108 cm³/mol. The maximum Gasteiger partial charge on any atom is 0.191 e. The number of ether oxygens (including phenoxy) is 1. The molecule has 0 unspecified atom stereocenters. The second kappa shape index (κ2) is 10.2. The fourth-order valence-corrected chi connectivity index (χ4v) is 2.69. The zero-order valence-corrected chi connectivity index (χ0v) is 16.6. The lowest BCUT2D eigenvalue weighted by molar-refractivity contribution is 0.296. The number of aliphatic imine (C=N–C) groups is 1. The first-order valence-corrected chi connectivity index (χ1v) is 8.44. The van der Waals surface area contributed by atoms with E-state index in [-0.39, 0.29) is 24.0 Å². The molecule has 0 aliphatic carbocycles. The smallest absolute Gasteiger partial charge is 0.191 e. The number of benzene rings is 1. The Bertz CT molecular complexity index is 652. The minimum Gasteiger partial charge on any atom is -0.486 e. The molecule has 3 rings (SSSR count). The molecule has 1 saturated heterocycles. The van der Waals surface area contributed by atoms with Gasteiger partial charge in [0.05, 0.1) is 0 Å². The third-order valence-electron chi connectivity index (χ3n) is 4.01. The van der Waals surface area contributed by atoms with Gasteiger partial charge in [0.2, 0.25) is 0 Å². The van der Waals surface area contributed by atoms with E-state index in [4.69, 9.17) is 10.5 Å². The van der Waals surface area contributed by atoms with E-state index in [2.05, 4.69) is 25.1 Å². The quantitative estimate of drug-likeness (QED) is 0.410. The van der Waals surface area contributed by atoms with E-state index in [9.17, 15) is 0 Å². The number of H-pyrrole nitrogens is 1. The zero-order valence-electron chi connectivity index (χ0n) is 14.2. The molecule has 1 aromatic heterocycles. The molecule has 1 fully saturated rings. The van der Waals surface area contributed by atoms with Crippen molar-refractivity contribution < 1.29 is 4.74 Å². The van der Waals surface area contributed by atoms with Crippen molar-refractivity contribution in [3.8, 4) is 5.75 Å². The standard InChI is InChI=1S/C17H24N6O.HI/c18-17(23-10-6-1-2-7-11-23)19-12-15-20-16(22-21-15)13-24-14-8-4-3-5-9-14;/h3-5,8-9H,1-2,6-7,10-13H2,(H2,18,19)(H,20,21,22);1H. The zero-order chi connectivity index (χ0) is 16.6. The summed E-state index contributed by atoms with van der Waals surface area (Å²) in [5.74, 6) is 2.69. The number of aromatic amines is 1. The van der Waals surface area contributed by atoms with Crippen LogP contribution in [-0.4, -0.2) is 39.1 Å². The van der Waals surface area contributed by atoms with Gasteiger partial charge in [-0.25, -0.2) is 9.98 Å². The molecule has 25 heavy (non-hydrogen) atoms. The largest absolute Gasteiger partial charge is 0.486 e. The van der Waals surface area contributed by atoms with E-state index in [0.29, 0.717) is 30.8 Å². The van der Waals surface area contributed by atoms with Crippen LogP contribution < -0.4 is 10.5 Å². The number of hydrogen-bond donors (Lipinski definition) is 2. The van der Waals surface area contributed by atoms with Crippen LogP contribution in [0.2, 0.25) is 0 Å². The van der Waals surface area contributed by atoms with Crippen LogP contribution in [0.3, 0.4) is 0 Å². The van der Waals surface area contributed by atoms with E-state index in [0.717, 1.165) is 18.8 Å². The lowest BCUT2D eigenvalue weighted by atomic mass is 10.2. The predicted octanol–water partition coefficient (Wildman–Crippen LogP) is 2.69. The molecule has 1 aliphatic heterocycles. The van der Waals surface area contributed by atoms with Crippen molar-refractivity contribution in [2.45, 2.75) is 38.8 Å². The van der Waals surface area contributed by atoms with Gasteiger partial charge < -0.3 is 15.4 Å². The van der Waals surface area contributed by atoms with Crippen LogP contribution in [0.1, 0.15) is 37.3 Å². The fourth-order valence-electron chi connectivity index (χ4n) is 2.69. The number of para-hydroxylation sites is 1. The summed E-state index contributed by atoms with van der Waals surface area (Å²) in [5, 5.41) is 7.05. The second-order valence-electron chi connectivity index (χ2n) is 5.88. The van der Waals surface area contributed by atoms with E-state index in [1.165, 1.54) is 25.7 Å². The SMILES string of the molecule is I.NC(=NCc1n[nH]c(COc2ccccc2)n1)N1CCCCCC1. The third-order valence-corrected chi connectivity index (χ3v) is 4.01. The maximum absolute atomic E-state index is 6.09. The Morgan fingerprint density at radius 3 is 2.60 bits per heavy atom. The summed E-state index contributed by atoms with van der Waals surface area (Å²) in [6, 6.07) is 9.63. The van der Waals surface area contributed by atoms with Crippen molar-refractivity contribution in [1.29, 1.82) is 0 Å². The topological polar surface area (TPSA) is 92.4 Å². The molecular formula is C17H25IN6O. The summed E-state index contributed by atoms with van der Waals surface area (Å²) < 4.78 is 5.64. The molecule has 0 amide bonds. The van der Waals surface area contributed by atoms with Gasteiger partial charge in [0, 0.05) is 13.1 Å². The van der Waals surface area contributed by atoms with Crippen molar-refractivity contribution in [3.63, 3.8) is 0 Å². The highest BCUT2D eigenvalue weighted by atomic mass is 127. The van der Waals surface area contributed by atoms with Crippen LogP contribution in [0.4, 0.5) is 0 Å². The number of hydrogen-bond acceptors (Lipinski definition) is 4. The van der Waals surface area contributed by atoms with Gasteiger partial charge in [0.15, 0.2) is 17.6 Å². The van der Waals surface area contributed by atoms with Crippen molar-refractivity contribution in [3.05, 3.63) is 42.0 Å². The molecule has 2 heterocycles. The van der Waals surface area contributed by atoms with Crippen molar-refractivity contribution >= 4 is 29.9 Å². The van der Waals surface area contributed by atoms with E-state index >= 15 is 0 Å². The normalized spacial score (nSPS) is 15.4. The highest BCUT2D eigenvalue weighted by Crippen LogP contribution is 2.11. The minimum atomic E-state index is 0. The van der Waals surface area contributed by atoms with E-state index in [1.807, 2.05) is 30.3 Å². The third kappa shape index (κ3) is 6.18. The van der Waals surface area contributed by atoms with Crippen molar-refractivity contribution in [2.75, 3.05) is 13.1 Å². The number of aromatic nitrogens is 3. The number of nitrogens with zero attached hydrogens (tertiary/aromatic N) is 4. The summed E-state index contributed by atoms with van der Waals surface area (Å²) in [6.45, 7) is 2.70. The van der Waals surface area contributed by atoms with Gasteiger partial charge in [-0.05, 0) is 25.0 Å². The van der Waals surface area contributed by atoms with E-state index in [1.54, 1.807) is 0 Å². The molecule has 8 heteroatoms. The number of rotatable bonds is 5. The van der Waals surface area contributed by atoms with Gasteiger partial charge in [-0.3, -0.25) is 5.10 Å². The lowest BCUT2D eigenvalue weighted by Gasteiger charge is -2.20. The highest BCUT2D eigenvalue weighted by molar-refractivity contribution is 14.0. The molecule has 0 spiro atoms. The first kappa shape index (κ1) is 19.5. The summed E-state index contributed by atoms with van der Waals surface area (Å²) in [7, 11) is 0. The molecule has 0 radical (unpaired) electrons. The molecule has 1 aromatic carbocycles. The molecule has 2 aromatic rings. The summed E-state index contributed by atoms with van der Waals surface area (Å²) in [6.07, 6.45) is 4.90. The minimum absolute atomic E-state index is 0. The molecule has 7 nitrogen and oxygen atoms in total. The van der Waals surface area contributed by atoms with Crippen LogP contribution in [0.15, 0.2) is 35.3 Å². The van der Waals surface area contributed by atoms with Gasteiger partial charge in [-0.2, -0.15) is 5.10 Å². The Labute approximate surface area is 165 Å². The Morgan fingerprint density at radius 1 is 1.16 bits per heavy atom. The molecule has 1 aliphatic rings. The van der Waals surface area contributed by atoms with Gasteiger partial charge in [0.25, 0.3) is 0 Å². The molecule has 0 bridgehead atoms. The van der Waals surface area contributed by atoms with Crippen LogP contribution in [0.5, 0.6) is 5.75 Å². The number of likely N-dealkylation sites (tertiary alicyclic amines) is 1. The van der Waals surface area contributed by atoms with Gasteiger partial charge in [0.1, 0.15) is 18.9 Å². The molecule has 136 valence electrons. The van der Waals surface area contributed by atoms with Gasteiger partial charge in [-0.1, -0.05) is 31.0 Å². The van der Waals surface area contributed by atoms with Crippen LogP contribution in [0, 0.1) is 0 Å². The highest BCUT2D eigenvalue weighted by Gasteiger charge is 2.11. The molecule has 0 atom stereocenters. The van der Waals surface area contributed by atoms with Crippen LogP contribution >= 0.6 is 24.0 Å². The maximum atomic E-state index is 6.09. The second-order valence-corrected chi connectivity index (χ2v) is 5.88. The fraction of sp³-hybridized carbons (Fsp3) is 0.471. The number of nitrogens with two attached hydrogens (primary N) is 1. The lowest BCUT2D eigenvalue weighted by Crippen LogP contribution is -2.38. The average Bonchev–Trinajstić information content (AvgIpc) is 2.89. The van der Waals surface area contributed by atoms with Gasteiger partial charge >= 0.3 is 0 Å². The van der Waals surface area contributed by atoms with Gasteiger partial charge in [-0.15, -0.1) is 24.0 Å². The summed E-state index contributed by atoms with van der Waals surface area (Å²) in [5.41, 5.74) is 6.09. The molecule has 3 N–H and O–H groups in total. The average molecular weight is 456 g/mol.